The summed E-state index contributed by atoms with van der Waals surface area (Å²) in [6, 6.07) is 1.66. The predicted molar refractivity (Wildman–Crippen MR) is 51.5 cm³/mol. The van der Waals surface area contributed by atoms with E-state index in [2.05, 4.69) is 9.72 Å². The van der Waals surface area contributed by atoms with E-state index in [-0.39, 0.29) is 6.08 Å². The summed E-state index contributed by atoms with van der Waals surface area (Å²) in [6.07, 6.45) is 1.42. The highest BCUT2D eigenvalue weighted by Crippen LogP contribution is 2.30. The van der Waals surface area contributed by atoms with E-state index >= 15 is 0 Å². The van der Waals surface area contributed by atoms with Crippen molar-refractivity contribution in [2.75, 3.05) is 7.04 Å². The standard InChI is InChI=1S/C10H9F2NO3/c1-16-8-6-7(3-5-13-8)10(11,12)4-2-9(14)15/h2-6H,1H3,(H,14,15)/b4-2+/i1D3. The van der Waals surface area contributed by atoms with Crippen LogP contribution in [0.5, 0.6) is 5.88 Å². The van der Waals surface area contributed by atoms with Crippen LogP contribution in [0.15, 0.2) is 30.5 Å². The summed E-state index contributed by atoms with van der Waals surface area (Å²) in [5, 5.41) is 8.30. The molecule has 0 aromatic carbocycles. The second-order valence-electron chi connectivity index (χ2n) is 2.78. The maximum atomic E-state index is 13.6. The Kier molecular flexibility index (Phi) is 2.41. The van der Waals surface area contributed by atoms with Crippen molar-refractivity contribution in [2.45, 2.75) is 5.92 Å². The first kappa shape index (κ1) is 8.20. The minimum atomic E-state index is -3.58. The van der Waals surface area contributed by atoms with Crippen LogP contribution < -0.4 is 4.74 Å². The van der Waals surface area contributed by atoms with Crippen molar-refractivity contribution in [3.63, 3.8) is 0 Å². The molecule has 1 heterocycles. The van der Waals surface area contributed by atoms with Gasteiger partial charge in [0.15, 0.2) is 0 Å². The van der Waals surface area contributed by atoms with Crippen LogP contribution >= 0.6 is 0 Å². The lowest BCUT2D eigenvalue weighted by Gasteiger charge is -2.12. The molecule has 4 nitrogen and oxygen atoms in total. The van der Waals surface area contributed by atoms with E-state index in [0.717, 1.165) is 18.3 Å². The van der Waals surface area contributed by atoms with E-state index in [0.29, 0.717) is 6.08 Å². The fourth-order valence-electron chi connectivity index (χ4n) is 0.945. The molecule has 1 aromatic heterocycles. The molecule has 86 valence electrons. The van der Waals surface area contributed by atoms with E-state index in [9.17, 15) is 13.6 Å². The van der Waals surface area contributed by atoms with Crippen LogP contribution in [0.4, 0.5) is 8.78 Å². The molecule has 16 heavy (non-hydrogen) atoms. The number of carboxylic acid groups (broad SMARTS) is 1. The van der Waals surface area contributed by atoms with Gasteiger partial charge in [0, 0.05) is 23.9 Å². The predicted octanol–water partition coefficient (Wildman–Crippen LogP) is 1.82. The number of methoxy groups -OCH3 is 1. The number of nitrogens with zero attached hydrogens (tertiary/aromatic N) is 1. The molecular weight excluding hydrogens is 220 g/mol. The lowest BCUT2D eigenvalue weighted by atomic mass is 10.1. The van der Waals surface area contributed by atoms with E-state index < -0.39 is 30.4 Å². The van der Waals surface area contributed by atoms with Crippen molar-refractivity contribution in [1.29, 1.82) is 0 Å². The van der Waals surface area contributed by atoms with Crippen molar-refractivity contribution in [3.8, 4) is 5.88 Å². The third kappa shape index (κ3) is 3.01. The van der Waals surface area contributed by atoms with Crippen LogP contribution in [-0.4, -0.2) is 23.1 Å². The summed E-state index contributed by atoms with van der Waals surface area (Å²) in [6.45, 7) is 0. The zero-order chi connectivity index (χ0) is 14.7. The molecule has 0 spiro atoms. The molecule has 0 amide bonds. The average Bonchev–Trinajstić information content (AvgIpc) is 2.24. The summed E-state index contributed by atoms with van der Waals surface area (Å²) in [5.74, 6) is -5.60. The molecule has 0 atom stereocenters. The second kappa shape index (κ2) is 4.69. The first-order valence-corrected chi connectivity index (χ1v) is 4.06. The number of carboxylic acids is 1. The van der Waals surface area contributed by atoms with E-state index in [1.807, 2.05) is 0 Å². The minimum absolute atomic E-state index is 0.184. The SMILES string of the molecule is [2H]C([2H])([2H])Oc1cc(C(F)(F)/C=C/C(=O)O)ccn1. The topological polar surface area (TPSA) is 59.4 Å². The number of alkyl halides is 2. The Hall–Kier alpha value is -1.98. The summed E-state index contributed by atoms with van der Waals surface area (Å²) < 4.78 is 52.0. The number of allylic oxidation sites excluding steroid dienone is 1. The van der Waals surface area contributed by atoms with Gasteiger partial charge in [-0.3, -0.25) is 0 Å². The van der Waals surface area contributed by atoms with Gasteiger partial charge in [-0.15, -0.1) is 0 Å². The molecule has 0 aliphatic heterocycles. The second-order valence-corrected chi connectivity index (χ2v) is 2.78. The molecule has 6 heteroatoms. The molecule has 0 saturated carbocycles. The van der Waals surface area contributed by atoms with Crippen LogP contribution in [0.1, 0.15) is 9.68 Å². The highest BCUT2D eigenvalue weighted by atomic mass is 19.3. The van der Waals surface area contributed by atoms with Gasteiger partial charge in [0.05, 0.1) is 11.2 Å². The maximum Gasteiger partial charge on any atom is 0.328 e. The lowest BCUT2D eigenvalue weighted by molar-refractivity contribution is -0.131. The van der Waals surface area contributed by atoms with Crippen LogP contribution in [0, 0.1) is 0 Å². The molecule has 1 N–H and O–H groups in total. The van der Waals surface area contributed by atoms with Gasteiger partial charge in [-0.25, -0.2) is 9.78 Å². The van der Waals surface area contributed by atoms with Crippen LogP contribution in [-0.2, 0) is 10.7 Å². The number of rotatable bonds is 4. The van der Waals surface area contributed by atoms with Gasteiger partial charge in [-0.1, -0.05) is 0 Å². The van der Waals surface area contributed by atoms with Gasteiger partial charge >= 0.3 is 5.97 Å². The number of hydrogen-bond donors (Lipinski definition) is 1. The first-order valence-electron chi connectivity index (χ1n) is 5.56. The van der Waals surface area contributed by atoms with Crippen LogP contribution in [0.3, 0.4) is 0 Å². The molecule has 0 fully saturated rings. The van der Waals surface area contributed by atoms with E-state index in [1.54, 1.807) is 0 Å². The minimum Gasteiger partial charge on any atom is -0.481 e. The van der Waals surface area contributed by atoms with Crippen LogP contribution in [0.2, 0.25) is 0 Å². The van der Waals surface area contributed by atoms with Gasteiger partial charge in [0.1, 0.15) is 0 Å². The van der Waals surface area contributed by atoms with E-state index in [4.69, 9.17) is 9.22 Å². The molecule has 0 saturated heterocycles. The van der Waals surface area contributed by atoms with Gasteiger partial charge in [0.2, 0.25) is 5.88 Å². The molecule has 0 aliphatic rings. The number of aliphatic carboxylic acids is 1. The highest BCUT2D eigenvalue weighted by molar-refractivity contribution is 5.79. The van der Waals surface area contributed by atoms with Crippen molar-refractivity contribution in [1.82, 2.24) is 4.98 Å². The zero-order valence-electron chi connectivity index (χ0n) is 10.9. The number of ether oxygens (including phenoxy) is 1. The summed E-state index contributed by atoms with van der Waals surface area (Å²) in [4.78, 5) is 13.7. The van der Waals surface area contributed by atoms with E-state index in [1.165, 1.54) is 0 Å². The number of carbonyl (C=O) groups is 1. The van der Waals surface area contributed by atoms with Gasteiger partial charge in [0.25, 0.3) is 5.92 Å². The van der Waals surface area contributed by atoms with Crippen molar-refractivity contribution in [3.05, 3.63) is 36.0 Å². The van der Waals surface area contributed by atoms with Gasteiger partial charge < -0.3 is 9.84 Å². The average molecular weight is 232 g/mol. The molecule has 1 aromatic rings. The largest absolute Gasteiger partial charge is 0.481 e. The highest BCUT2D eigenvalue weighted by Gasteiger charge is 2.28. The Balaban J connectivity index is 3.01. The Bertz CT molecular complexity index is 503. The summed E-state index contributed by atoms with van der Waals surface area (Å²) in [7, 11) is -2.81. The number of hydrogen-bond acceptors (Lipinski definition) is 3. The Labute approximate surface area is 94.4 Å². The van der Waals surface area contributed by atoms with Gasteiger partial charge in [-0.05, 0) is 12.1 Å². The smallest absolute Gasteiger partial charge is 0.328 e. The summed E-state index contributed by atoms with van der Waals surface area (Å²) >= 11 is 0. The normalized spacial score (nSPS) is 15.2. The molecule has 1 rings (SSSR count). The maximum absolute atomic E-state index is 13.6. The fourth-order valence-corrected chi connectivity index (χ4v) is 0.945. The number of aromatic nitrogens is 1. The third-order valence-electron chi connectivity index (χ3n) is 1.66. The number of pyridine rings is 1. The number of halogens is 2. The van der Waals surface area contributed by atoms with Crippen molar-refractivity contribution >= 4 is 5.97 Å². The fraction of sp³-hybridized carbons (Fsp3) is 0.200. The lowest BCUT2D eigenvalue weighted by Crippen LogP contribution is -2.10. The molecular formula is C10H9F2NO3. The Morgan fingerprint density at radius 1 is 1.75 bits per heavy atom. The monoisotopic (exact) mass is 232 g/mol. The quantitative estimate of drug-likeness (QED) is 0.804. The third-order valence-corrected chi connectivity index (χ3v) is 1.66. The van der Waals surface area contributed by atoms with Crippen molar-refractivity contribution < 1.29 is 27.5 Å². The first-order chi connectivity index (χ1) is 8.60. The molecule has 0 bridgehead atoms. The van der Waals surface area contributed by atoms with Gasteiger partial charge in [-0.2, -0.15) is 8.78 Å². The Morgan fingerprint density at radius 2 is 2.50 bits per heavy atom. The molecule has 0 unspecified atom stereocenters. The molecule has 0 aliphatic carbocycles. The Morgan fingerprint density at radius 3 is 3.12 bits per heavy atom. The van der Waals surface area contributed by atoms with Crippen molar-refractivity contribution in [2.24, 2.45) is 0 Å². The van der Waals surface area contributed by atoms with Crippen LogP contribution in [0.25, 0.3) is 0 Å². The molecule has 0 radical (unpaired) electrons. The summed E-state index contributed by atoms with van der Waals surface area (Å²) in [5.41, 5.74) is -0.626. The zero-order valence-corrected chi connectivity index (χ0v) is 7.85.